The van der Waals surface area contributed by atoms with Gasteiger partial charge in [0.1, 0.15) is 12.3 Å². The highest BCUT2D eigenvalue weighted by Crippen LogP contribution is 2.32. The highest BCUT2D eigenvalue weighted by atomic mass is 19.4. The fourth-order valence-corrected chi connectivity index (χ4v) is 5.05. The van der Waals surface area contributed by atoms with Crippen LogP contribution in [0, 0.1) is 5.92 Å². The maximum atomic E-state index is 15.1. The van der Waals surface area contributed by atoms with E-state index in [2.05, 4.69) is 20.7 Å². The largest absolute Gasteiger partial charge is 0.419 e. The third-order valence-corrected chi connectivity index (χ3v) is 6.96. The average molecular weight is 571 g/mol. The number of amides is 2. The molecule has 0 spiro atoms. The highest BCUT2D eigenvalue weighted by Gasteiger charge is 2.51. The minimum atomic E-state index is -4.75. The van der Waals surface area contributed by atoms with Crippen molar-refractivity contribution >= 4 is 17.8 Å². The number of carbonyl (C=O) groups excluding carboxylic acids is 2. The van der Waals surface area contributed by atoms with Crippen LogP contribution in [0.15, 0.2) is 12.4 Å². The minimum Gasteiger partial charge on any atom is -0.367 e. The molecule has 3 aliphatic rings. The number of hydrazine groups is 1. The average Bonchev–Trinajstić information content (AvgIpc) is 3.21. The molecule has 218 valence electrons. The normalized spacial score (nSPS) is 29.5. The third kappa shape index (κ3) is 6.69. The number of aromatic nitrogens is 2. The summed E-state index contributed by atoms with van der Waals surface area (Å²) in [4.78, 5) is 34.8. The molecule has 0 aliphatic carbocycles. The molecule has 3 aliphatic heterocycles. The SMILES string of the molecule is C[C@@H](CO[C@@H]1CCN([C@H]2CCN(c3ncc(C(F)(F)F)cn3)C[C@H]2F)C1=O)NC1CNNC(=O)C1C(F)(F)F. The van der Waals surface area contributed by atoms with Gasteiger partial charge in [0, 0.05) is 50.5 Å². The standard InChI is InChI=1S/C22H28F7N7O3/c1-11(33-14-8-32-34-18(37)17(14)22(27,28)29)10-39-16-3-5-36(19(16)38)15-2-4-35(9-13(15)23)20-30-6-12(7-31-20)21(24,25)26/h6-7,11,13-17,32-33H,2-5,8-10H2,1H3,(H,34,37)/t11-,13+,14?,15-,16+,17?/m0/s1. The van der Waals surface area contributed by atoms with E-state index in [-0.39, 0.29) is 51.6 Å². The number of hydrogen-bond acceptors (Lipinski definition) is 8. The second-order valence-corrected chi connectivity index (χ2v) is 9.79. The Morgan fingerprint density at radius 3 is 2.44 bits per heavy atom. The zero-order chi connectivity index (χ0) is 28.5. The Morgan fingerprint density at radius 1 is 1.13 bits per heavy atom. The molecular weight excluding hydrogens is 543 g/mol. The number of alkyl halides is 7. The molecule has 1 aromatic rings. The number of ether oxygens (including phenoxy) is 1. The molecule has 0 bridgehead atoms. The van der Waals surface area contributed by atoms with Gasteiger partial charge in [-0.15, -0.1) is 0 Å². The van der Waals surface area contributed by atoms with Crippen molar-refractivity contribution in [1.29, 1.82) is 0 Å². The summed E-state index contributed by atoms with van der Waals surface area (Å²) in [5, 5.41) is 2.73. The van der Waals surface area contributed by atoms with Gasteiger partial charge in [-0.25, -0.2) is 19.8 Å². The number of anilines is 1. The van der Waals surface area contributed by atoms with Crippen LogP contribution in [-0.4, -0.2) is 96.0 Å². The predicted molar refractivity (Wildman–Crippen MR) is 121 cm³/mol. The number of likely N-dealkylation sites (tertiary alicyclic amines) is 1. The van der Waals surface area contributed by atoms with Crippen LogP contribution < -0.4 is 21.1 Å². The molecule has 2 amide bonds. The van der Waals surface area contributed by atoms with E-state index >= 15 is 4.39 Å². The quantitative estimate of drug-likeness (QED) is 0.419. The number of nitrogens with zero attached hydrogens (tertiary/aromatic N) is 4. The number of carbonyl (C=O) groups is 2. The number of rotatable bonds is 7. The van der Waals surface area contributed by atoms with E-state index in [0.717, 1.165) is 0 Å². The van der Waals surface area contributed by atoms with Gasteiger partial charge in [-0.05, 0) is 13.3 Å². The molecule has 4 rings (SSSR count). The van der Waals surface area contributed by atoms with Crippen LogP contribution in [0.1, 0.15) is 25.3 Å². The van der Waals surface area contributed by atoms with Gasteiger partial charge in [0.05, 0.1) is 24.8 Å². The second kappa shape index (κ2) is 11.4. The fraction of sp³-hybridized carbons (Fsp3) is 0.727. The van der Waals surface area contributed by atoms with E-state index in [1.54, 1.807) is 6.92 Å². The third-order valence-electron chi connectivity index (χ3n) is 6.96. The van der Waals surface area contributed by atoms with Crippen LogP contribution in [0.4, 0.5) is 36.7 Å². The Hall–Kier alpha value is -2.79. The summed E-state index contributed by atoms with van der Waals surface area (Å²) in [5.74, 6) is -3.93. The van der Waals surface area contributed by atoms with E-state index in [1.807, 2.05) is 5.43 Å². The second-order valence-electron chi connectivity index (χ2n) is 9.79. The molecule has 3 saturated heterocycles. The zero-order valence-corrected chi connectivity index (χ0v) is 20.7. The topological polar surface area (TPSA) is 112 Å². The van der Waals surface area contributed by atoms with Gasteiger partial charge in [0.15, 0.2) is 5.92 Å². The Bertz CT molecular complexity index is 1030. The first-order valence-electron chi connectivity index (χ1n) is 12.3. The van der Waals surface area contributed by atoms with Gasteiger partial charge >= 0.3 is 12.4 Å². The zero-order valence-electron chi connectivity index (χ0n) is 20.7. The molecule has 3 fully saturated rings. The molecule has 0 aromatic carbocycles. The molecule has 3 N–H and O–H groups in total. The van der Waals surface area contributed by atoms with Gasteiger partial charge in [-0.3, -0.25) is 15.0 Å². The first-order chi connectivity index (χ1) is 18.3. The van der Waals surface area contributed by atoms with Crippen LogP contribution in [0.25, 0.3) is 0 Å². The van der Waals surface area contributed by atoms with Gasteiger partial charge < -0.3 is 19.9 Å². The Kier molecular flexibility index (Phi) is 8.51. The molecule has 0 radical (unpaired) electrons. The summed E-state index contributed by atoms with van der Waals surface area (Å²) in [5.41, 5.74) is 3.36. The van der Waals surface area contributed by atoms with Crippen molar-refractivity contribution in [2.24, 2.45) is 5.92 Å². The van der Waals surface area contributed by atoms with Crippen LogP contribution in [0.3, 0.4) is 0 Å². The minimum absolute atomic E-state index is 0.0436. The lowest BCUT2D eigenvalue weighted by molar-refractivity contribution is -0.193. The van der Waals surface area contributed by atoms with Crippen LogP contribution in [0.2, 0.25) is 0 Å². The molecule has 1 aromatic heterocycles. The molecule has 17 heteroatoms. The maximum Gasteiger partial charge on any atom is 0.419 e. The lowest BCUT2D eigenvalue weighted by Crippen LogP contribution is -2.65. The van der Waals surface area contributed by atoms with Crippen molar-refractivity contribution in [1.82, 2.24) is 31.0 Å². The van der Waals surface area contributed by atoms with Crippen LogP contribution in [0.5, 0.6) is 0 Å². The summed E-state index contributed by atoms with van der Waals surface area (Å²) in [6.45, 7) is 1.51. The lowest BCUT2D eigenvalue weighted by Gasteiger charge is -2.39. The number of halogens is 7. The number of hydrogen-bond donors (Lipinski definition) is 3. The molecule has 2 unspecified atom stereocenters. The monoisotopic (exact) mass is 571 g/mol. The molecule has 0 saturated carbocycles. The highest BCUT2D eigenvalue weighted by molar-refractivity contribution is 5.83. The van der Waals surface area contributed by atoms with E-state index < -0.39 is 66.0 Å². The maximum absolute atomic E-state index is 15.1. The number of nitrogens with one attached hydrogen (secondary N) is 3. The van der Waals surface area contributed by atoms with Crippen LogP contribution in [-0.2, 0) is 20.5 Å². The van der Waals surface area contributed by atoms with Crippen molar-refractivity contribution < 1.29 is 45.1 Å². The van der Waals surface area contributed by atoms with E-state index in [4.69, 9.17) is 4.74 Å². The molecule has 39 heavy (non-hydrogen) atoms. The van der Waals surface area contributed by atoms with Crippen molar-refractivity contribution in [3.05, 3.63) is 18.0 Å². The summed E-state index contributed by atoms with van der Waals surface area (Å²) in [6, 6.07) is -2.64. The van der Waals surface area contributed by atoms with Gasteiger partial charge in [-0.1, -0.05) is 0 Å². The molecular formula is C22H28F7N7O3. The summed E-state index contributed by atoms with van der Waals surface area (Å²) in [6.07, 6.45) is -10.0. The van der Waals surface area contributed by atoms with E-state index in [9.17, 15) is 35.9 Å². The molecule has 10 nitrogen and oxygen atoms in total. The van der Waals surface area contributed by atoms with Crippen LogP contribution >= 0.6 is 0 Å². The first kappa shape index (κ1) is 29.2. The van der Waals surface area contributed by atoms with Gasteiger partial charge in [0.2, 0.25) is 11.9 Å². The molecule has 6 atom stereocenters. The van der Waals surface area contributed by atoms with Gasteiger partial charge in [-0.2, -0.15) is 26.3 Å². The Balaban J connectivity index is 1.27. The number of piperidine rings is 1. The first-order valence-corrected chi connectivity index (χ1v) is 12.3. The summed E-state index contributed by atoms with van der Waals surface area (Å²) in [7, 11) is 0. The molecule has 4 heterocycles. The summed E-state index contributed by atoms with van der Waals surface area (Å²) >= 11 is 0. The van der Waals surface area contributed by atoms with Crippen molar-refractivity contribution in [3.8, 4) is 0 Å². The van der Waals surface area contributed by atoms with Crippen molar-refractivity contribution in [2.45, 2.75) is 62.5 Å². The smallest absolute Gasteiger partial charge is 0.367 e. The fourth-order valence-electron chi connectivity index (χ4n) is 5.05. The van der Waals surface area contributed by atoms with E-state index in [1.165, 1.54) is 9.80 Å². The van der Waals surface area contributed by atoms with E-state index in [0.29, 0.717) is 12.4 Å². The Labute approximate surface area is 218 Å². The van der Waals surface area contributed by atoms with Gasteiger partial charge in [0.25, 0.3) is 5.91 Å². The Morgan fingerprint density at radius 2 is 1.82 bits per heavy atom. The predicted octanol–water partition coefficient (Wildman–Crippen LogP) is 1.19. The van der Waals surface area contributed by atoms with Crippen molar-refractivity contribution in [3.63, 3.8) is 0 Å². The lowest BCUT2D eigenvalue weighted by atomic mass is 9.96. The summed E-state index contributed by atoms with van der Waals surface area (Å²) < 4.78 is 98.9. The van der Waals surface area contributed by atoms with Crippen molar-refractivity contribution in [2.75, 3.05) is 37.7 Å².